The highest BCUT2D eigenvalue weighted by atomic mass is 32.1. The van der Waals surface area contributed by atoms with E-state index in [4.69, 9.17) is 16.2 Å². The molecule has 0 spiro atoms. The molecule has 0 aliphatic rings. The second-order valence-electron chi connectivity index (χ2n) is 9.77. The van der Waals surface area contributed by atoms with E-state index in [1.165, 1.54) is 11.3 Å². The van der Waals surface area contributed by atoms with Gasteiger partial charge in [0.1, 0.15) is 11.8 Å². The Labute approximate surface area is 249 Å². The summed E-state index contributed by atoms with van der Waals surface area (Å²) >= 11 is 1.41. The van der Waals surface area contributed by atoms with Crippen LogP contribution in [-0.4, -0.2) is 35.4 Å². The van der Waals surface area contributed by atoms with Gasteiger partial charge in [-0.2, -0.15) is 0 Å². The first kappa shape index (κ1) is 30.4. The number of rotatable bonds is 14. The van der Waals surface area contributed by atoms with Gasteiger partial charge in [-0.3, -0.25) is 14.4 Å². The summed E-state index contributed by atoms with van der Waals surface area (Å²) in [5.74, 6) is -1.45. The second-order valence-corrected chi connectivity index (χ2v) is 10.5. The fraction of sp³-hybridized carbons (Fsp3) is 0.250. The fourth-order valence-corrected chi connectivity index (χ4v) is 5.20. The quantitative estimate of drug-likeness (QED) is 0.178. The maximum Gasteiger partial charge on any atom is 0.249 e. The average molecular weight is 586 g/mol. The molecule has 3 amide bonds. The first-order chi connectivity index (χ1) is 20.4. The molecule has 0 aliphatic heterocycles. The molecule has 0 bridgehead atoms. The number of thiazole rings is 1. The van der Waals surface area contributed by atoms with E-state index in [-0.39, 0.29) is 30.9 Å². The lowest BCUT2D eigenvalue weighted by Crippen LogP contribution is -2.49. The highest BCUT2D eigenvalue weighted by molar-refractivity contribution is 7.07. The van der Waals surface area contributed by atoms with Gasteiger partial charge in [0.05, 0.1) is 23.7 Å². The molecule has 2 atom stereocenters. The van der Waals surface area contributed by atoms with Crippen LogP contribution in [0, 0.1) is 0 Å². The summed E-state index contributed by atoms with van der Waals surface area (Å²) in [6, 6.07) is 21.0. The Kier molecular flexibility index (Phi) is 10.8. The lowest BCUT2D eigenvalue weighted by atomic mass is 9.87. The van der Waals surface area contributed by atoms with Gasteiger partial charge in [0.15, 0.2) is 0 Å². The van der Waals surface area contributed by atoms with Gasteiger partial charge < -0.3 is 26.8 Å². The smallest absolute Gasteiger partial charge is 0.249 e. The van der Waals surface area contributed by atoms with Crippen LogP contribution in [0.1, 0.15) is 51.1 Å². The van der Waals surface area contributed by atoms with Crippen LogP contribution in [0.2, 0.25) is 0 Å². The second kappa shape index (κ2) is 14.9. The number of nitrogens with two attached hydrogens (primary N) is 2. The first-order valence-corrected chi connectivity index (χ1v) is 14.7. The third kappa shape index (κ3) is 8.25. The third-order valence-corrected chi connectivity index (χ3v) is 7.48. The van der Waals surface area contributed by atoms with Crippen molar-refractivity contribution in [3.8, 4) is 5.75 Å². The predicted molar refractivity (Wildman–Crippen MR) is 163 cm³/mol. The molecule has 0 aliphatic carbocycles. The highest BCUT2D eigenvalue weighted by Gasteiger charge is 2.30. The number of benzene rings is 3. The zero-order valence-corrected chi connectivity index (χ0v) is 24.2. The molecule has 10 heteroatoms. The molecule has 0 saturated carbocycles. The van der Waals surface area contributed by atoms with E-state index >= 15 is 0 Å². The molecule has 1 heterocycles. The minimum Gasteiger partial charge on any atom is -0.494 e. The Bertz CT molecular complexity index is 1470. The van der Waals surface area contributed by atoms with E-state index in [1.807, 2.05) is 60.8 Å². The zero-order chi connectivity index (χ0) is 29.9. The fourth-order valence-electron chi connectivity index (χ4n) is 4.63. The number of hydrogen-bond acceptors (Lipinski definition) is 7. The van der Waals surface area contributed by atoms with Gasteiger partial charge in [0.25, 0.3) is 0 Å². The van der Waals surface area contributed by atoms with Crippen molar-refractivity contribution in [2.45, 2.75) is 44.8 Å². The summed E-state index contributed by atoms with van der Waals surface area (Å²) in [6.45, 7) is 3.17. The van der Waals surface area contributed by atoms with Crippen molar-refractivity contribution in [2.24, 2.45) is 11.5 Å². The minimum atomic E-state index is -0.897. The number of aromatic nitrogens is 1. The lowest BCUT2D eigenvalue weighted by Gasteiger charge is -2.24. The van der Waals surface area contributed by atoms with Gasteiger partial charge >= 0.3 is 0 Å². The van der Waals surface area contributed by atoms with E-state index in [1.54, 1.807) is 29.8 Å². The molecule has 0 unspecified atom stereocenters. The van der Waals surface area contributed by atoms with Crippen LogP contribution in [0.3, 0.4) is 0 Å². The average Bonchev–Trinajstić information content (AvgIpc) is 3.52. The van der Waals surface area contributed by atoms with E-state index in [0.29, 0.717) is 24.4 Å². The third-order valence-electron chi connectivity index (χ3n) is 6.85. The van der Waals surface area contributed by atoms with Crippen molar-refractivity contribution in [2.75, 3.05) is 6.61 Å². The lowest BCUT2D eigenvalue weighted by molar-refractivity contribution is -0.129. The number of amides is 3. The highest BCUT2D eigenvalue weighted by Crippen LogP contribution is 2.26. The topological polar surface area (TPSA) is 149 Å². The molecule has 0 saturated heterocycles. The normalized spacial score (nSPS) is 12.2. The number of nitrogens with zero attached hydrogens (tertiary/aromatic N) is 1. The Hall–Kier alpha value is -4.54. The summed E-state index contributed by atoms with van der Waals surface area (Å²) in [7, 11) is 0. The summed E-state index contributed by atoms with van der Waals surface area (Å²) < 4.78 is 5.55. The predicted octanol–water partition coefficient (Wildman–Crippen LogP) is 3.47. The van der Waals surface area contributed by atoms with Gasteiger partial charge in [0, 0.05) is 30.5 Å². The summed E-state index contributed by atoms with van der Waals surface area (Å²) in [6.07, 6.45) is 0.488. The van der Waals surface area contributed by atoms with Crippen LogP contribution in [0.15, 0.2) is 83.7 Å². The van der Waals surface area contributed by atoms with Crippen LogP contribution in [-0.2, 0) is 35.5 Å². The first-order valence-electron chi connectivity index (χ1n) is 13.7. The van der Waals surface area contributed by atoms with E-state index in [9.17, 15) is 14.4 Å². The van der Waals surface area contributed by atoms with Crippen LogP contribution in [0.4, 0.5) is 0 Å². The van der Waals surface area contributed by atoms with Crippen molar-refractivity contribution in [3.63, 3.8) is 0 Å². The summed E-state index contributed by atoms with van der Waals surface area (Å²) in [5, 5.41) is 7.72. The van der Waals surface area contributed by atoms with Gasteiger partial charge in [0.2, 0.25) is 17.7 Å². The molecular formula is C32H35N5O4S. The van der Waals surface area contributed by atoms with Gasteiger partial charge in [-0.1, -0.05) is 54.6 Å². The summed E-state index contributed by atoms with van der Waals surface area (Å²) in [4.78, 5) is 44.1. The molecule has 6 N–H and O–H groups in total. The molecule has 4 rings (SSSR count). The number of carbonyl (C=O) groups excluding carboxylic acids is 3. The van der Waals surface area contributed by atoms with Crippen LogP contribution in [0.5, 0.6) is 5.75 Å². The van der Waals surface area contributed by atoms with Crippen molar-refractivity contribution < 1.29 is 19.1 Å². The monoisotopic (exact) mass is 585 g/mol. The maximum absolute atomic E-state index is 14.0. The minimum absolute atomic E-state index is 0.209. The van der Waals surface area contributed by atoms with Crippen molar-refractivity contribution >= 4 is 29.1 Å². The van der Waals surface area contributed by atoms with E-state index < -0.39 is 23.8 Å². The number of primary amides is 1. The Morgan fingerprint density at radius 3 is 2.24 bits per heavy atom. The SMILES string of the molecule is CCOc1ccc(C[C@@H](C(=O)N[C@@H](Cc2cscn2)C(=O)NCc2ccc(CN)cc2)c2ccccc2C(N)=O)cc1. The van der Waals surface area contributed by atoms with E-state index in [2.05, 4.69) is 15.6 Å². The zero-order valence-electron chi connectivity index (χ0n) is 23.4. The largest absolute Gasteiger partial charge is 0.494 e. The number of hydrogen-bond donors (Lipinski definition) is 4. The molecule has 0 radical (unpaired) electrons. The molecule has 1 aromatic heterocycles. The molecule has 4 aromatic rings. The van der Waals surface area contributed by atoms with Gasteiger partial charge in [-0.05, 0) is 53.8 Å². The molecular weight excluding hydrogens is 550 g/mol. The Balaban J connectivity index is 1.59. The molecule has 9 nitrogen and oxygen atoms in total. The van der Waals surface area contributed by atoms with Crippen molar-refractivity contribution in [1.82, 2.24) is 15.6 Å². The number of carbonyl (C=O) groups is 3. The summed E-state index contributed by atoms with van der Waals surface area (Å²) in [5.41, 5.74) is 17.2. The van der Waals surface area contributed by atoms with Crippen LogP contribution < -0.4 is 26.8 Å². The maximum atomic E-state index is 14.0. The molecule has 0 fully saturated rings. The Morgan fingerprint density at radius 1 is 0.905 bits per heavy atom. The molecule has 218 valence electrons. The van der Waals surface area contributed by atoms with Gasteiger partial charge in [-0.15, -0.1) is 11.3 Å². The molecule has 3 aromatic carbocycles. The number of ether oxygens (including phenoxy) is 1. The van der Waals surface area contributed by atoms with Gasteiger partial charge in [-0.25, -0.2) is 4.98 Å². The Morgan fingerprint density at radius 2 is 1.60 bits per heavy atom. The van der Waals surface area contributed by atoms with E-state index in [0.717, 1.165) is 22.4 Å². The number of nitrogens with one attached hydrogen (secondary N) is 2. The molecule has 42 heavy (non-hydrogen) atoms. The van der Waals surface area contributed by atoms with Crippen molar-refractivity contribution in [1.29, 1.82) is 0 Å². The van der Waals surface area contributed by atoms with Crippen LogP contribution in [0.25, 0.3) is 0 Å². The van der Waals surface area contributed by atoms with Crippen molar-refractivity contribution in [3.05, 3.63) is 117 Å². The standard InChI is InChI=1S/C32H35N5O4S/c1-2-41-25-13-11-21(12-14-25)15-28(26-5-3-4-6-27(26)30(34)38)31(39)37-29(16-24-19-42-20-36-24)32(40)35-18-23-9-7-22(17-33)8-10-23/h3-14,19-20,28-29H,2,15-18,33H2,1H3,(H2,34,38)(H,35,40)(H,37,39)/t28-,29+/m1/s1. The van der Waals surface area contributed by atoms with Crippen LogP contribution >= 0.6 is 11.3 Å².